The van der Waals surface area contributed by atoms with Gasteiger partial charge in [-0.1, -0.05) is 48.0 Å². The Morgan fingerprint density at radius 1 is 0.897 bits per heavy atom. The average Bonchev–Trinajstić information content (AvgIpc) is 2.74. The summed E-state index contributed by atoms with van der Waals surface area (Å²) in [7, 11) is -3.62. The minimum Gasteiger partial charge on any atom is -0.493 e. The Morgan fingerprint density at radius 3 is 2.24 bits per heavy atom. The van der Waals surface area contributed by atoms with Crippen LogP contribution >= 0.6 is 11.6 Å². The number of fused-ring (bicyclic) bond motifs is 1. The van der Waals surface area contributed by atoms with Gasteiger partial charge in [0.1, 0.15) is 5.75 Å². The van der Waals surface area contributed by atoms with Crippen molar-refractivity contribution in [1.29, 1.82) is 0 Å². The summed E-state index contributed by atoms with van der Waals surface area (Å²) in [5, 5.41) is 2.18. The van der Waals surface area contributed by atoms with Crippen molar-refractivity contribution in [3.63, 3.8) is 0 Å². The van der Waals surface area contributed by atoms with Gasteiger partial charge in [0, 0.05) is 37.0 Å². The lowest BCUT2D eigenvalue weighted by molar-refractivity contribution is 0.344. The van der Waals surface area contributed by atoms with Gasteiger partial charge in [0.05, 0.1) is 22.2 Å². The maximum absolute atomic E-state index is 13.4. The summed E-state index contributed by atoms with van der Waals surface area (Å²) in [6.07, 6.45) is 0. The maximum atomic E-state index is 13.4. The highest BCUT2D eigenvalue weighted by molar-refractivity contribution is 7.89. The van der Waals surface area contributed by atoms with Crippen molar-refractivity contribution in [1.82, 2.24) is 4.31 Å². The molecule has 0 bridgehead atoms. The second-order valence-corrected chi connectivity index (χ2v) is 9.20. The van der Waals surface area contributed by atoms with Gasteiger partial charge in [-0.15, -0.1) is 0 Å². The second-order valence-electron chi connectivity index (χ2n) is 6.88. The highest BCUT2D eigenvalue weighted by atomic mass is 35.5. The molecule has 1 heterocycles. The van der Waals surface area contributed by atoms with Crippen LogP contribution < -0.4 is 9.64 Å². The number of nitrogens with zero attached hydrogens (tertiary/aromatic N) is 2. The minimum absolute atomic E-state index is 0.322. The zero-order valence-electron chi connectivity index (χ0n) is 16.2. The molecule has 0 amide bonds. The Bertz CT molecular complexity index is 1130. The lowest BCUT2D eigenvalue weighted by atomic mass is 10.1. The number of rotatable bonds is 5. The first-order chi connectivity index (χ1) is 14.0. The first-order valence-electron chi connectivity index (χ1n) is 9.66. The van der Waals surface area contributed by atoms with Crippen LogP contribution in [0, 0.1) is 0 Å². The van der Waals surface area contributed by atoms with Crippen molar-refractivity contribution in [3.8, 4) is 5.75 Å². The molecule has 152 valence electrons. The molecule has 7 heteroatoms. The molecule has 1 saturated heterocycles. The normalized spacial score (nSPS) is 15.6. The molecule has 3 aromatic carbocycles. The van der Waals surface area contributed by atoms with Gasteiger partial charge >= 0.3 is 0 Å². The fourth-order valence-electron chi connectivity index (χ4n) is 3.77. The first-order valence-corrected chi connectivity index (χ1v) is 11.5. The number of piperazine rings is 1. The van der Waals surface area contributed by atoms with E-state index in [2.05, 4.69) is 4.90 Å². The summed E-state index contributed by atoms with van der Waals surface area (Å²) in [6, 6.07) is 18.5. The standard InChI is InChI=1S/C22H23ClN2O3S/c1-2-28-21-11-12-22(18-8-4-3-7-17(18)21)29(26,27)25-15-13-24(14-16-25)20-10-6-5-9-19(20)23/h3-12H,2,13-16H2,1H3. The van der Waals surface area contributed by atoms with Gasteiger partial charge in [0.15, 0.2) is 0 Å². The summed E-state index contributed by atoms with van der Waals surface area (Å²) in [5.41, 5.74) is 0.942. The largest absolute Gasteiger partial charge is 0.493 e. The van der Waals surface area contributed by atoms with Crippen LogP contribution in [0.15, 0.2) is 65.6 Å². The van der Waals surface area contributed by atoms with E-state index in [1.165, 1.54) is 0 Å². The van der Waals surface area contributed by atoms with Gasteiger partial charge in [0.2, 0.25) is 10.0 Å². The molecule has 0 N–H and O–H groups in total. The van der Waals surface area contributed by atoms with Crippen LogP contribution in [0.25, 0.3) is 10.8 Å². The third-order valence-corrected chi connectivity index (χ3v) is 7.47. The Labute approximate surface area is 176 Å². The predicted octanol–water partition coefficient (Wildman–Crippen LogP) is 4.40. The molecule has 0 unspecified atom stereocenters. The molecule has 0 aromatic heterocycles. The van der Waals surface area contributed by atoms with Crippen LogP contribution in [0.4, 0.5) is 5.69 Å². The van der Waals surface area contributed by atoms with Crippen LogP contribution in [0.3, 0.4) is 0 Å². The van der Waals surface area contributed by atoms with Crippen molar-refractivity contribution in [3.05, 3.63) is 65.7 Å². The Kier molecular flexibility index (Phi) is 5.67. The molecule has 29 heavy (non-hydrogen) atoms. The highest BCUT2D eigenvalue weighted by Crippen LogP contribution is 2.33. The number of para-hydroxylation sites is 1. The highest BCUT2D eigenvalue weighted by Gasteiger charge is 2.30. The van der Waals surface area contributed by atoms with Gasteiger partial charge in [-0.05, 0) is 31.2 Å². The monoisotopic (exact) mass is 430 g/mol. The number of sulfonamides is 1. The van der Waals surface area contributed by atoms with E-state index in [1.54, 1.807) is 16.4 Å². The summed E-state index contributed by atoms with van der Waals surface area (Å²) >= 11 is 6.30. The number of benzene rings is 3. The number of anilines is 1. The zero-order valence-corrected chi connectivity index (χ0v) is 17.8. The smallest absolute Gasteiger partial charge is 0.243 e. The lowest BCUT2D eigenvalue weighted by Gasteiger charge is -2.36. The number of hydrogen-bond donors (Lipinski definition) is 0. The van der Waals surface area contributed by atoms with E-state index in [9.17, 15) is 8.42 Å². The molecular formula is C22H23ClN2O3S. The van der Waals surface area contributed by atoms with Gasteiger partial charge in [0.25, 0.3) is 0 Å². The first kappa shape index (κ1) is 20.0. The summed E-state index contributed by atoms with van der Waals surface area (Å²) < 4.78 is 34.1. The van der Waals surface area contributed by atoms with E-state index in [1.807, 2.05) is 55.5 Å². The molecular weight excluding hydrogens is 408 g/mol. The predicted molar refractivity (Wildman–Crippen MR) is 118 cm³/mol. The van der Waals surface area contributed by atoms with Crippen molar-refractivity contribution in [2.45, 2.75) is 11.8 Å². The van der Waals surface area contributed by atoms with Crippen LogP contribution in [0.1, 0.15) is 6.92 Å². The van der Waals surface area contributed by atoms with E-state index in [4.69, 9.17) is 16.3 Å². The number of hydrogen-bond acceptors (Lipinski definition) is 4. The summed E-state index contributed by atoms with van der Waals surface area (Å²) in [4.78, 5) is 2.45. The fourth-order valence-corrected chi connectivity index (χ4v) is 5.64. The molecule has 1 aliphatic heterocycles. The number of ether oxygens (including phenoxy) is 1. The fraction of sp³-hybridized carbons (Fsp3) is 0.273. The van der Waals surface area contributed by atoms with Gasteiger partial charge in [-0.3, -0.25) is 0 Å². The quantitative estimate of drug-likeness (QED) is 0.601. The SMILES string of the molecule is CCOc1ccc(S(=O)(=O)N2CCN(c3ccccc3Cl)CC2)c2ccccc12. The van der Waals surface area contributed by atoms with Crippen LogP contribution in [-0.4, -0.2) is 45.5 Å². The van der Waals surface area contributed by atoms with Gasteiger partial charge in [-0.25, -0.2) is 8.42 Å². The third kappa shape index (κ3) is 3.80. The van der Waals surface area contributed by atoms with Gasteiger partial charge < -0.3 is 9.64 Å². The summed E-state index contributed by atoms with van der Waals surface area (Å²) in [5.74, 6) is 0.700. The van der Waals surface area contributed by atoms with E-state index >= 15 is 0 Å². The van der Waals surface area contributed by atoms with Gasteiger partial charge in [-0.2, -0.15) is 4.31 Å². The topological polar surface area (TPSA) is 49.9 Å². The van der Waals surface area contributed by atoms with Crippen molar-refractivity contribution in [2.75, 3.05) is 37.7 Å². The molecule has 1 aliphatic rings. The number of halogens is 1. The van der Waals surface area contributed by atoms with Crippen LogP contribution in [-0.2, 0) is 10.0 Å². The van der Waals surface area contributed by atoms with Crippen LogP contribution in [0.5, 0.6) is 5.75 Å². The molecule has 4 rings (SSSR count). The second kappa shape index (κ2) is 8.22. The molecule has 0 aliphatic carbocycles. The Balaban J connectivity index is 1.62. The molecule has 0 atom stereocenters. The van der Waals surface area contributed by atoms with Crippen molar-refractivity contribution in [2.24, 2.45) is 0 Å². The molecule has 0 radical (unpaired) electrons. The summed E-state index contributed by atoms with van der Waals surface area (Å²) in [6.45, 7) is 4.46. The lowest BCUT2D eigenvalue weighted by Crippen LogP contribution is -2.48. The van der Waals surface area contributed by atoms with E-state index < -0.39 is 10.0 Å². The van der Waals surface area contributed by atoms with E-state index in [-0.39, 0.29) is 0 Å². The van der Waals surface area contributed by atoms with E-state index in [0.29, 0.717) is 53.8 Å². The van der Waals surface area contributed by atoms with Crippen LogP contribution in [0.2, 0.25) is 5.02 Å². The van der Waals surface area contributed by atoms with Crippen molar-refractivity contribution >= 4 is 38.1 Å². The molecule has 0 saturated carbocycles. The molecule has 1 fully saturated rings. The minimum atomic E-state index is -3.62. The molecule has 3 aromatic rings. The zero-order chi connectivity index (χ0) is 20.4. The average molecular weight is 431 g/mol. The maximum Gasteiger partial charge on any atom is 0.243 e. The third-order valence-electron chi connectivity index (χ3n) is 5.19. The molecule has 5 nitrogen and oxygen atoms in total. The van der Waals surface area contributed by atoms with Crippen molar-refractivity contribution < 1.29 is 13.2 Å². The Hall–Kier alpha value is -2.28. The Morgan fingerprint density at radius 2 is 1.55 bits per heavy atom. The molecule has 0 spiro atoms. The van der Waals surface area contributed by atoms with E-state index in [0.717, 1.165) is 11.1 Å².